The summed E-state index contributed by atoms with van der Waals surface area (Å²) < 4.78 is 0. The van der Waals surface area contributed by atoms with Crippen molar-refractivity contribution in [1.29, 1.82) is 0 Å². The fourth-order valence-corrected chi connectivity index (χ4v) is 2.95. The third kappa shape index (κ3) is 1.67. The van der Waals surface area contributed by atoms with E-state index in [1.165, 1.54) is 10.5 Å². The summed E-state index contributed by atoms with van der Waals surface area (Å²) in [6.45, 7) is 6.47. The van der Waals surface area contributed by atoms with Gasteiger partial charge in [-0.3, -0.25) is 4.79 Å². The van der Waals surface area contributed by atoms with Crippen molar-refractivity contribution in [2.45, 2.75) is 20.8 Å². The summed E-state index contributed by atoms with van der Waals surface area (Å²) >= 11 is 1.76. The van der Waals surface area contributed by atoms with Crippen LogP contribution in [0.4, 0.5) is 0 Å². The molecular formula is C14H16OS. The third-order valence-corrected chi connectivity index (χ3v) is 4.59. The van der Waals surface area contributed by atoms with Crippen LogP contribution in [-0.4, -0.2) is 6.29 Å². The van der Waals surface area contributed by atoms with E-state index in [0.29, 0.717) is 5.92 Å². The van der Waals surface area contributed by atoms with Gasteiger partial charge in [-0.1, -0.05) is 39.0 Å². The molecule has 0 bridgehead atoms. The zero-order valence-electron chi connectivity index (χ0n) is 9.86. The van der Waals surface area contributed by atoms with E-state index in [-0.39, 0.29) is 5.41 Å². The number of hydrogen-bond acceptors (Lipinski definition) is 2. The number of aldehydes is 1. The van der Waals surface area contributed by atoms with Gasteiger partial charge in [0.25, 0.3) is 0 Å². The Morgan fingerprint density at radius 2 is 2.12 bits per heavy atom. The van der Waals surface area contributed by atoms with Gasteiger partial charge >= 0.3 is 0 Å². The number of hydrogen-bond donors (Lipinski definition) is 0. The Morgan fingerprint density at radius 1 is 1.38 bits per heavy atom. The molecule has 0 N–H and O–H groups in total. The van der Waals surface area contributed by atoms with Crippen molar-refractivity contribution in [1.82, 2.24) is 0 Å². The van der Waals surface area contributed by atoms with Crippen molar-refractivity contribution in [3.8, 4) is 0 Å². The first kappa shape index (κ1) is 11.3. The highest BCUT2D eigenvalue weighted by Gasteiger charge is 2.34. The second-order valence-electron chi connectivity index (χ2n) is 4.78. The molecule has 1 nitrogen and oxygen atoms in total. The molecular weight excluding hydrogens is 216 g/mol. The van der Waals surface area contributed by atoms with Crippen LogP contribution < -0.4 is 0 Å². The van der Waals surface area contributed by atoms with Crippen molar-refractivity contribution in [3.63, 3.8) is 0 Å². The van der Waals surface area contributed by atoms with Crippen LogP contribution in [0.5, 0.6) is 0 Å². The standard InChI is InChI=1S/C14H16OS/c1-10-12(13-5-4-8-16-13)7-6-11(9-15)14(10,2)3/h4-10H,1-3H3. The fourth-order valence-electron chi connectivity index (χ4n) is 2.11. The van der Waals surface area contributed by atoms with Gasteiger partial charge in [0.1, 0.15) is 6.29 Å². The molecule has 0 aromatic carbocycles. The predicted molar refractivity (Wildman–Crippen MR) is 69.4 cm³/mol. The summed E-state index contributed by atoms with van der Waals surface area (Å²) in [6.07, 6.45) is 5.03. The van der Waals surface area contributed by atoms with Crippen LogP contribution in [0.1, 0.15) is 25.6 Å². The van der Waals surface area contributed by atoms with Crippen molar-refractivity contribution >= 4 is 23.2 Å². The third-order valence-electron chi connectivity index (χ3n) is 3.67. The van der Waals surface area contributed by atoms with Gasteiger partial charge in [-0.2, -0.15) is 0 Å². The molecule has 16 heavy (non-hydrogen) atoms. The summed E-state index contributed by atoms with van der Waals surface area (Å²) in [5.74, 6) is 0.372. The molecule has 1 aromatic rings. The van der Waals surface area contributed by atoms with E-state index in [9.17, 15) is 4.79 Å². The Bertz CT molecular complexity index is 449. The van der Waals surface area contributed by atoms with Gasteiger partial charge in [0.15, 0.2) is 0 Å². The normalized spacial score (nSPS) is 23.6. The molecule has 0 saturated heterocycles. The van der Waals surface area contributed by atoms with E-state index in [2.05, 4.69) is 44.4 Å². The molecule has 1 aliphatic carbocycles. The zero-order chi connectivity index (χ0) is 11.8. The summed E-state index contributed by atoms with van der Waals surface area (Å²) in [7, 11) is 0. The van der Waals surface area contributed by atoms with E-state index in [1.807, 2.05) is 6.08 Å². The summed E-state index contributed by atoms with van der Waals surface area (Å²) in [5.41, 5.74) is 2.15. The smallest absolute Gasteiger partial charge is 0.146 e. The Balaban J connectivity index is 2.47. The molecule has 84 valence electrons. The molecule has 1 aromatic heterocycles. The van der Waals surface area contributed by atoms with Crippen molar-refractivity contribution in [2.24, 2.45) is 11.3 Å². The van der Waals surface area contributed by atoms with Crippen LogP contribution in [-0.2, 0) is 4.79 Å². The average molecular weight is 232 g/mol. The molecule has 1 aliphatic rings. The lowest BCUT2D eigenvalue weighted by Gasteiger charge is -2.36. The topological polar surface area (TPSA) is 17.1 Å². The van der Waals surface area contributed by atoms with Crippen molar-refractivity contribution in [2.75, 3.05) is 0 Å². The molecule has 0 amide bonds. The highest BCUT2D eigenvalue weighted by atomic mass is 32.1. The largest absolute Gasteiger partial charge is 0.298 e. The molecule has 1 heterocycles. The number of allylic oxidation sites excluding steroid dienone is 4. The average Bonchev–Trinajstić information content (AvgIpc) is 2.75. The first-order valence-corrected chi connectivity index (χ1v) is 6.36. The van der Waals surface area contributed by atoms with E-state index in [0.717, 1.165) is 11.9 Å². The summed E-state index contributed by atoms with van der Waals surface area (Å²) in [5, 5.41) is 2.09. The number of carbonyl (C=O) groups is 1. The SMILES string of the molecule is CC1C(c2cccs2)=CC=C(C=O)C1(C)C. The Labute approximate surface area is 100 Å². The minimum absolute atomic E-state index is 0.0736. The van der Waals surface area contributed by atoms with Gasteiger partial charge < -0.3 is 0 Å². The van der Waals surface area contributed by atoms with Gasteiger partial charge in [-0.15, -0.1) is 11.3 Å². The quantitative estimate of drug-likeness (QED) is 0.706. The van der Waals surface area contributed by atoms with Crippen molar-refractivity contribution < 1.29 is 4.79 Å². The van der Waals surface area contributed by atoms with Gasteiger partial charge in [0.05, 0.1) is 0 Å². The molecule has 2 heteroatoms. The van der Waals surface area contributed by atoms with E-state index in [1.54, 1.807) is 11.3 Å². The molecule has 2 rings (SSSR count). The zero-order valence-corrected chi connectivity index (χ0v) is 10.7. The van der Waals surface area contributed by atoms with E-state index in [4.69, 9.17) is 0 Å². The van der Waals surface area contributed by atoms with Crippen molar-refractivity contribution in [3.05, 3.63) is 40.1 Å². The minimum atomic E-state index is -0.0736. The molecule has 0 aliphatic heterocycles. The fraction of sp³-hybridized carbons (Fsp3) is 0.357. The summed E-state index contributed by atoms with van der Waals surface area (Å²) in [6, 6.07) is 4.21. The second-order valence-corrected chi connectivity index (χ2v) is 5.73. The van der Waals surface area contributed by atoms with Gasteiger partial charge in [-0.25, -0.2) is 0 Å². The predicted octanol–water partition coefficient (Wildman–Crippen LogP) is 3.93. The van der Waals surface area contributed by atoms with E-state index >= 15 is 0 Å². The van der Waals surface area contributed by atoms with Crippen LogP contribution in [0.15, 0.2) is 35.2 Å². The lowest BCUT2D eigenvalue weighted by Crippen LogP contribution is -2.28. The van der Waals surface area contributed by atoms with Crippen LogP contribution in [0.3, 0.4) is 0 Å². The number of thiophene rings is 1. The number of carbonyl (C=O) groups excluding carboxylic acids is 1. The first-order valence-electron chi connectivity index (χ1n) is 5.48. The molecule has 0 radical (unpaired) electrons. The summed E-state index contributed by atoms with van der Waals surface area (Å²) in [4.78, 5) is 12.3. The Kier molecular flexibility index (Phi) is 2.85. The molecule has 0 spiro atoms. The van der Waals surface area contributed by atoms with Gasteiger partial charge in [-0.05, 0) is 33.9 Å². The number of rotatable bonds is 2. The highest BCUT2D eigenvalue weighted by molar-refractivity contribution is 7.11. The van der Waals surface area contributed by atoms with Gasteiger partial charge in [0, 0.05) is 4.88 Å². The lowest BCUT2D eigenvalue weighted by molar-refractivity contribution is -0.105. The monoisotopic (exact) mass is 232 g/mol. The van der Waals surface area contributed by atoms with Crippen LogP contribution in [0.2, 0.25) is 0 Å². The minimum Gasteiger partial charge on any atom is -0.298 e. The molecule has 1 atom stereocenters. The lowest BCUT2D eigenvalue weighted by atomic mass is 9.68. The van der Waals surface area contributed by atoms with Crippen LogP contribution in [0, 0.1) is 11.3 Å². The Hall–Kier alpha value is -1.15. The van der Waals surface area contributed by atoms with Crippen LogP contribution in [0.25, 0.3) is 5.57 Å². The maximum Gasteiger partial charge on any atom is 0.146 e. The first-order chi connectivity index (χ1) is 7.57. The Morgan fingerprint density at radius 3 is 2.69 bits per heavy atom. The highest BCUT2D eigenvalue weighted by Crippen LogP contribution is 2.45. The second kappa shape index (κ2) is 4.02. The molecule has 0 fully saturated rings. The molecule has 0 saturated carbocycles. The van der Waals surface area contributed by atoms with Crippen LogP contribution >= 0.6 is 11.3 Å². The maximum absolute atomic E-state index is 11.0. The molecule has 1 unspecified atom stereocenters. The maximum atomic E-state index is 11.0. The van der Waals surface area contributed by atoms with E-state index < -0.39 is 0 Å². The van der Waals surface area contributed by atoms with Gasteiger partial charge in [0.2, 0.25) is 0 Å².